The van der Waals surface area contributed by atoms with Crippen LogP contribution in [-0.4, -0.2) is 62.5 Å². The predicted octanol–water partition coefficient (Wildman–Crippen LogP) is 3.50. The summed E-state index contributed by atoms with van der Waals surface area (Å²) >= 11 is 1.70. The van der Waals surface area contributed by atoms with E-state index in [1.54, 1.807) is 16.7 Å². The largest absolute Gasteiger partial charge is 0.396 e. The van der Waals surface area contributed by atoms with Gasteiger partial charge in [-0.15, -0.1) is 11.8 Å². The highest BCUT2D eigenvalue weighted by Crippen LogP contribution is 2.66. The Hall–Kier alpha value is -2.06. The molecule has 3 aliphatic rings. The summed E-state index contributed by atoms with van der Waals surface area (Å²) in [6, 6.07) is 9.17. The number of nitrogens with one attached hydrogen (secondary N) is 2. The Morgan fingerprint density at radius 1 is 1.11 bits per heavy atom. The van der Waals surface area contributed by atoms with Crippen LogP contribution >= 0.6 is 11.8 Å². The van der Waals surface area contributed by atoms with E-state index >= 15 is 0 Å². The van der Waals surface area contributed by atoms with Gasteiger partial charge >= 0.3 is 0 Å². The average Bonchev–Trinajstić information content (AvgIpc) is 3.44. The second kappa shape index (κ2) is 10.6. The van der Waals surface area contributed by atoms with Gasteiger partial charge in [-0.25, -0.2) is 0 Å². The normalized spacial score (nSPS) is 28.9. The number of benzene rings is 1. The molecule has 5 atom stereocenters. The lowest BCUT2D eigenvalue weighted by Crippen LogP contribution is -2.58. The first-order chi connectivity index (χ1) is 17.4. The van der Waals surface area contributed by atoms with Gasteiger partial charge in [-0.2, -0.15) is 0 Å². The zero-order valence-corrected chi connectivity index (χ0v) is 23.7. The summed E-state index contributed by atoms with van der Waals surface area (Å²) in [5.74, 6) is -1.22. The number of nitrogens with zero attached hydrogens (tertiary/aromatic N) is 1. The van der Waals surface area contributed by atoms with Crippen molar-refractivity contribution in [1.29, 1.82) is 0 Å². The minimum Gasteiger partial charge on any atom is -0.396 e. The molecule has 3 saturated heterocycles. The van der Waals surface area contributed by atoms with Crippen LogP contribution in [-0.2, 0) is 20.9 Å². The van der Waals surface area contributed by atoms with Gasteiger partial charge in [0.2, 0.25) is 17.7 Å². The third kappa shape index (κ3) is 5.70. The standard InChI is InChI=1S/C29H43N3O4S/c1-27(2,3)18-28(4,5)31-25(35)23-29-14-13-20(37-29)21(22(29)26(36)32(23)15-9-10-16-33)24(34)30-17-19-11-7-6-8-12-19/h6-8,11-12,20-23,33H,9-10,13-18H2,1-5H3,(H,30,34)(H,31,35)/t20-,21+,22-,23?,29?/m0/s1. The minimum atomic E-state index is -0.607. The van der Waals surface area contributed by atoms with E-state index in [9.17, 15) is 19.5 Å². The first-order valence-corrected chi connectivity index (χ1v) is 14.5. The highest BCUT2D eigenvalue weighted by atomic mass is 32.2. The number of likely N-dealkylation sites (tertiary alicyclic amines) is 1. The van der Waals surface area contributed by atoms with Gasteiger partial charge in [0, 0.05) is 30.5 Å². The molecule has 1 aromatic rings. The van der Waals surface area contributed by atoms with Crippen LogP contribution in [0.2, 0.25) is 0 Å². The molecule has 3 N–H and O–H groups in total. The molecule has 3 amide bonds. The number of amides is 3. The van der Waals surface area contributed by atoms with E-state index in [-0.39, 0.29) is 35.0 Å². The maximum absolute atomic E-state index is 14.0. The van der Waals surface area contributed by atoms with Crippen molar-refractivity contribution in [1.82, 2.24) is 15.5 Å². The van der Waals surface area contributed by atoms with E-state index in [2.05, 4.69) is 31.4 Å². The SMILES string of the molecule is CC(C)(C)CC(C)(C)NC(=O)C1N(CCCCO)C(=O)[C@@H]2[C@H](C(=O)NCc3ccccc3)[C@@H]3CCC12S3. The number of thioether (sulfide) groups is 1. The molecule has 2 bridgehead atoms. The fourth-order valence-corrected chi connectivity index (χ4v) is 9.28. The van der Waals surface area contributed by atoms with E-state index < -0.39 is 28.2 Å². The molecule has 1 aromatic carbocycles. The van der Waals surface area contributed by atoms with Gasteiger partial charge in [0.1, 0.15) is 6.04 Å². The Kier molecular flexibility index (Phi) is 8.01. The van der Waals surface area contributed by atoms with Gasteiger partial charge < -0.3 is 20.6 Å². The topological polar surface area (TPSA) is 98.7 Å². The number of hydrogen-bond donors (Lipinski definition) is 3. The second-order valence-corrected chi connectivity index (χ2v) is 14.4. The molecule has 3 heterocycles. The summed E-state index contributed by atoms with van der Waals surface area (Å²) in [5.41, 5.74) is 0.618. The number of carbonyl (C=O) groups is 3. The maximum atomic E-state index is 14.0. The molecule has 0 aliphatic carbocycles. The molecule has 204 valence electrons. The van der Waals surface area contributed by atoms with Gasteiger partial charge in [-0.05, 0) is 56.9 Å². The molecular weight excluding hydrogens is 486 g/mol. The second-order valence-electron chi connectivity index (χ2n) is 12.8. The van der Waals surface area contributed by atoms with Gasteiger partial charge in [-0.1, -0.05) is 51.1 Å². The molecule has 2 unspecified atom stereocenters. The quantitative estimate of drug-likeness (QED) is 0.403. The van der Waals surface area contributed by atoms with Crippen LogP contribution in [0, 0.1) is 17.3 Å². The lowest BCUT2D eigenvalue weighted by atomic mass is 9.70. The van der Waals surface area contributed by atoms with E-state index in [1.807, 2.05) is 44.2 Å². The Labute approximate surface area is 225 Å². The third-order valence-electron chi connectivity index (χ3n) is 7.90. The summed E-state index contributed by atoms with van der Waals surface area (Å²) < 4.78 is -0.586. The van der Waals surface area contributed by atoms with E-state index in [1.165, 1.54) is 0 Å². The molecule has 3 aliphatic heterocycles. The van der Waals surface area contributed by atoms with Gasteiger partial charge in [0.25, 0.3) is 0 Å². The van der Waals surface area contributed by atoms with Gasteiger partial charge in [-0.3, -0.25) is 14.4 Å². The van der Waals surface area contributed by atoms with Crippen molar-refractivity contribution in [3.63, 3.8) is 0 Å². The molecule has 0 aromatic heterocycles. The van der Waals surface area contributed by atoms with Crippen molar-refractivity contribution < 1.29 is 19.5 Å². The zero-order chi connectivity index (χ0) is 27.0. The highest BCUT2D eigenvalue weighted by molar-refractivity contribution is 8.02. The minimum absolute atomic E-state index is 0.0341. The smallest absolute Gasteiger partial charge is 0.244 e. The Balaban J connectivity index is 1.58. The number of aliphatic hydroxyl groups is 1. The highest BCUT2D eigenvalue weighted by Gasteiger charge is 2.73. The fraction of sp³-hybridized carbons (Fsp3) is 0.690. The van der Waals surface area contributed by atoms with Crippen LogP contribution < -0.4 is 10.6 Å². The lowest BCUT2D eigenvalue weighted by Gasteiger charge is -2.38. The summed E-state index contributed by atoms with van der Waals surface area (Å²) in [5, 5.41) is 15.7. The fourth-order valence-electron chi connectivity index (χ4n) is 7.06. The summed E-state index contributed by atoms with van der Waals surface area (Å²) in [6.07, 6.45) is 3.59. The molecule has 1 spiro atoms. The summed E-state index contributed by atoms with van der Waals surface area (Å²) in [6.45, 7) is 11.4. The average molecular weight is 530 g/mol. The number of hydrogen-bond acceptors (Lipinski definition) is 5. The Bertz CT molecular complexity index is 1010. The maximum Gasteiger partial charge on any atom is 0.244 e. The van der Waals surface area contributed by atoms with Crippen LogP contribution in [0.25, 0.3) is 0 Å². The van der Waals surface area contributed by atoms with Crippen LogP contribution in [0.5, 0.6) is 0 Å². The third-order valence-corrected chi connectivity index (χ3v) is 9.85. The molecule has 3 fully saturated rings. The molecule has 0 saturated carbocycles. The summed E-state index contributed by atoms with van der Waals surface area (Å²) in [7, 11) is 0. The van der Waals surface area contributed by atoms with Crippen molar-refractivity contribution in [3.05, 3.63) is 35.9 Å². The molecular formula is C29H43N3O4S. The lowest BCUT2D eigenvalue weighted by molar-refractivity contribution is -0.140. The molecule has 0 radical (unpaired) electrons. The molecule has 7 nitrogen and oxygen atoms in total. The number of rotatable bonds is 10. The van der Waals surface area contributed by atoms with E-state index in [0.29, 0.717) is 25.9 Å². The first-order valence-electron chi connectivity index (χ1n) is 13.6. The van der Waals surface area contributed by atoms with Crippen molar-refractivity contribution in [2.75, 3.05) is 13.2 Å². The number of unbranched alkanes of at least 4 members (excludes halogenated alkanes) is 1. The molecule has 37 heavy (non-hydrogen) atoms. The van der Waals surface area contributed by atoms with Crippen molar-refractivity contribution in [2.45, 2.75) is 94.8 Å². The number of fused-ring (bicyclic) bond motifs is 1. The Morgan fingerprint density at radius 2 is 1.81 bits per heavy atom. The molecule has 8 heteroatoms. The van der Waals surface area contributed by atoms with Crippen molar-refractivity contribution in [3.8, 4) is 0 Å². The summed E-state index contributed by atoms with van der Waals surface area (Å²) in [4.78, 5) is 43.2. The number of aliphatic hydroxyl groups excluding tert-OH is 1. The number of carbonyl (C=O) groups excluding carboxylic acids is 3. The first kappa shape index (κ1) is 28.0. The van der Waals surface area contributed by atoms with E-state index in [4.69, 9.17) is 0 Å². The molecule has 4 rings (SSSR count). The van der Waals surface area contributed by atoms with Gasteiger partial charge in [0.15, 0.2) is 0 Å². The van der Waals surface area contributed by atoms with Crippen molar-refractivity contribution >= 4 is 29.5 Å². The van der Waals surface area contributed by atoms with Crippen molar-refractivity contribution in [2.24, 2.45) is 17.3 Å². The zero-order valence-electron chi connectivity index (χ0n) is 22.9. The van der Waals surface area contributed by atoms with Crippen LogP contribution in [0.15, 0.2) is 30.3 Å². The Morgan fingerprint density at radius 3 is 2.46 bits per heavy atom. The van der Waals surface area contributed by atoms with Crippen LogP contribution in [0.1, 0.15) is 72.3 Å². The van der Waals surface area contributed by atoms with E-state index in [0.717, 1.165) is 24.8 Å². The predicted molar refractivity (Wildman–Crippen MR) is 147 cm³/mol. The van der Waals surface area contributed by atoms with Crippen LogP contribution in [0.4, 0.5) is 0 Å². The monoisotopic (exact) mass is 529 g/mol. The van der Waals surface area contributed by atoms with Crippen LogP contribution in [0.3, 0.4) is 0 Å². The van der Waals surface area contributed by atoms with Gasteiger partial charge in [0.05, 0.1) is 16.6 Å².